The van der Waals surface area contributed by atoms with Gasteiger partial charge >= 0.3 is 0 Å². The molecule has 34 heavy (non-hydrogen) atoms. The van der Waals surface area contributed by atoms with E-state index in [2.05, 4.69) is 53.0 Å². The molecular weight excluding hydrogens is 446 g/mol. The highest BCUT2D eigenvalue weighted by molar-refractivity contribution is 7.12. The zero-order chi connectivity index (χ0) is 23.8. The van der Waals surface area contributed by atoms with Gasteiger partial charge < -0.3 is 16.0 Å². The van der Waals surface area contributed by atoms with Crippen LogP contribution in [-0.2, 0) is 24.3 Å². The van der Waals surface area contributed by atoms with Crippen LogP contribution in [0.5, 0.6) is 0 Å². The van der Waals surface area contributed by atoms with Crippen LogP contribution in [0.4, 0.5) is 5.82 Å². The SMILES string of the molecule is CC(C)[C@@H](Nc1ncc2n(c1=O)[C@H](C(=O)N[C@H](C)c1cc3c(s1)CNC3)CC2)c1ccccc1. The molecule has 0 fully saturated rings. The van der Waals surface area contributed by atoms with Crippen molar-refractivity contribution in [3.8, 4) is 0 Å². The van der Waals surface area contributed by atoms with Gasteiger partial charge in [-0.05, 0) is 42.9 Å². The van der Waals surface area contributed by atoms with Gasteiger partial charge in [0, 0.05) is 34.7 Å². The highest BCUT2D eigenvalue weighted by Gasteiger charge is 2.32. The second-order valence-electron chi connectivity index (χ2n) is 9.54. The van der Waals surface area contributed by atoms with E-state index in [1.807, 2.05) is 25.1 Å². The molecule has 0 spiro atoms. The normalized spacial score (nSPS) is 18.4. The Labute approximate surface area is 203 Å². The average Bonchev–Trinajstić information content (AvgIpc) is 3.54. The first kappa shape index (κ1) is 22.8. The first-order valence-electron chi connectivity index (χ1n) is 12.0. The molecule has 5 rings (SSSR count). The van der Waals surface area contributed by atoms with E-state index in [1.54, 1.807) is 22.1 Å². The van der Waals surface area contributed by atoms with Gasteiger partial charge in [-0.15, -0.1) is 11.3 Å². The zero-order valence-electron chi connectivity index (χ0n) is 19.8. The predicted octanol–water partition coefficient (Wildman–Crippen LogP) is 4.08. The van der Waals surface area contributed by atoms with Crippen molar-refractivity contribution in [1.82, 2.24) is 20.2 Å². The Bertz CT molecular complexity index is 1230. The maximum absolute atomic E-state index is 13.5. The predicted molar refractivity (Wildman–Crippen MR) is 135 cm³/mol. The van der Waals surface area contributed by atoms with Gasteiger partial charge in [-0.3, -0.25) is 14.2 Å². The summed E-state index contributed by atoms with van der Waals surface area (Å²) in [6, 6.07) is 11.6. The summed E-state index contributed by atoms with van der Waals surface area (Å²) in [5.74, 6) is 0.436. The minimum Gasteiger partial charge on any atom is -0.358 e. The lowest BCUT2D eigenvalue weighted by atomic mass is 9.96. The molecule has 0 aliphatic carbocycles. The first-order valence-corrected chi connectivity index (χ1v) is 12.8. The number of hydrogen-bond donors (Lipinski definition) is 3. The monoisotopic (exact) mass is 477 g/mol. The van der Waals surface area contributed by atoms with Crippen LogP contribution >= 0.6 is 11.3 Å². The second-order valence-corrected chi connectivity index (χ2v) is 10.7. The number of aryl methyl sites for hydroxylation is 1. The van der Waals surface area contributed by atoms with Gasteiger partial charge in [0.15, 0.2) is 5.82 Å². The average molecular weight is 478 g/mol. The molecule has 0 radical (unpaired) electrons. The van der Waals surface area contributed by atoms with Gasteiger partial charge in [0.1, 0.15) is 6.04 Å². The van der Waals surface area contributed by atoms with Crippen LogP contribution in [-0.4, -0.2) is 15.5 Å². The van der Waals surface area contributed by atoms with Crippen molar-refractivity contribution < 1.29 is 4.79 Å². The van der Waals surface area contributed by atoms with Crippen LogP contribution in [0.25, 0.3) is 0 Å². The van der Waals surface area contributed by atoms with Crippen molar-refractivity contribution >= 4 is 23.1 Å². The molecule has 3 atom stereocenters. The maximum atomic E-state index is 13.5. The smallest absolute Gasteiger partial charge is 0.294 e. The third kappa shape index (κ3) is 4.28. The van der Waals surface area contributed by atoms with E-state index in [-0.39, 0.29) is 29.5 Å². The summed E-state index contributed by atoms with van der Waals surface area (Å²) in [4.78, 5) is 33.7. The molecule has 178 valence electrons. The van der Waals surface area contributed by atoms with Crippen LogP contribution in [0.1, 0.15) is 71.9 Å². The van der Waals surface area contributed by atoms with Crippen molar-refractivity contribution in [1.29, 1.82) is 0 Å². The molecule has 0 saturated carbocycles. The summed E-state index contributed by atoms with van der Waals surface area (Å²) in [5.41, 5.74) is 3.00. The number of benzene rings is 1. The van der Waals surface area contributed by atoms with Crippen LogP contribution < -0.4 is 21.5 Å². The van der Waals surface area contributed by atoms with Gasteiger partial charge in [-0.25, -0.2) is 4.98 Å². The number of amides is 1. The molecule has 0 bridgehead atoms. The molecule has 3 aromatic rings. The number of thiophene rings is 1. The summed E-state index contributed by atoms with van der Waals surface area (Å²) in [6.07, 6.45) is 3.01. The van der Waals surface area contributed by atoms with E-state index < -0.39 is 6.04 Å². The molecule has 8 heteroatoms. The van der Waals surface area contributed by atoms with E-state index in [4.69, 9.17) is 0 Å². The zero-order valence-corrected chi connectivity index (χ0v) is 20.6. The van der Waals surface area contributed by atoms with Crippen LogP contribution in [0.15, 0.2) is 47.4 Å². The standard InChI is InChI=1S/C26H31N5O2S/c1-15(2)23(17-7-5-4-6-8-17)30-24-26(33)31-19(13-28-24)9-10-20(31)25(32)29-16(3)21-11-18-12-27-14-22(18)34-21/h4-8,11,13,15-16,20,23,27H,9-10,12,14H2,1-3H3,(H,28,30)(H,29,32)/t16-,20+,23-/m1/s1. The van der Waals surface area contributed by atoms with E-state index in [9.17, 15) is 9.59 Å². The number of nitrogens with one attached hydrogen (secondary N) is 3. The van der Waals surface area contributed by atoms with Gasteiger partial charge in [0.25, 0.3) is 5.56 Å². The van der Waals surface area contributed by atoms with Crippen molar-refractivity contribution in [2.24, 2.45) is 5.92 Å². The number of nitrogens with zero attached hydrogens (tertiary/aromatic N) is 2. The van der Waals surface area contributed by atoms with E-state index in [0.717, 1.165) is 29.2 Å². The molecule has 2 aromatic heterocycles. The summed E-state index contributed by atoms with van der Waals surface area (Å²) in [6.45, 7) is 8.03. The number of fused-ring (bicyclic) bond motifs is 2. The van der Waals surface area contributed by atoms with Crippen molar-refractivity contribution in [3.05, 3.63) is 79.5 Å². The topological polar surface area (TPSA) is 88.0 Å². The van der Waals surface area contributed by atoms with Crippen molar-refractivity contribution in [2.45, 2.75) is 64.8 Å². The van der Waals surface area contributed by atoms with Gasteiger partial charge in [0.2, 0.25) is 5.91 Å². The molecule has 2 aliphatic heterocycles. The highest BCUT2D eigenvalue weighted by atomic mass is 32.1. The highest BCUT2D eigenvalue weighted by Crippen LogP contribution is 2.32. The van der Waals surface area contributed by atoms with Gasteiger partial charge in [-0.2, -0.15) is 0 Å². The van der Waals surface area contributed by atoms with Crippen LogP contribution in [0.2, 0.25) is 0 Å². The molecule has 2 aliphatic rings. The number of carbonyl (C=O) groups excluding carboxylic acids is 1. The van der Waals surface area contributed by atoms with Crippen LogP contribution in [0.3, 0.4) is 0 Å². The lowest BCUT2D eigenvalue weighted by molar-refractivity contribution is -0.124. The van der Waals surface area contributed by atoms with Gasteiger partial charge in [0.05, 0.1) is 12.1 Å². The Morgan fingerprint density at radius 2 is 2.00 bits per heavy atom. The van der Waals surface area contributed by atoms with E-state index in [0.29, 0.717) is 18.7 Å². The second kappa shape index (κ2) is 9.35. The Morgan fingerprint density at radius 3 is 2.74 bits per heavy atom. The molecule has 4 heterocycles. The molecule has 1 amide bonds. The maximum Gasteiger partial charge on any atom is 0.294 e. The number of anilines is 1. The van der Waals surface area contributed by atoms with E-state index in [1.165, 1.54) is 10.4 Å². The fourth-order valence-electron chi connectivity index (χ4n) is 4.92. The Kier molecular flexibility index (Phi) is 6.27. The van der Waals surface area contributed by atoms with Crippen molar-refractivity contribution in [2.75, 3.05) is 5.32 Å². The Hall–Kier alpha value is -2.97. The quantitative estimate of drug-likeness (QED) is 0.477. The van der Waals surface area contributed by atoms with Crippen molar-refractivity contribution in [3.63, 3.8) is 0 Å². The summed E-state index contributed by atoms with van der Waals surface area (Å²) in [5, 5.41) is 9.86. The molecule has 7 nitrogen and oxygen atoms in total. The summed E-state index contributed by atoms with van der Waals surface area (Å²) < 4.78 is 1.64. The first-order chi connectivity index (χ1) is 16.4. The third-order valence-electron chi connectivity index (χ3n) is 6.78. The molecule has 3 N–H and O–H groups in total. The molecule has 0 saturated heterocycles. The molecular formula is C26H31N5O2S. The fraction of sp³-hybridized carbons (Fsp3) is 0.423. The fourth-order valence-corrected chi connectivity index (χ4v) is 6.08. The lowest BCUT2D eigenvalue weighted by Gasteiger charge is -2.24. The number of hydrogen-bond acceptors (Lipinski definition) is 6. The summed E-state index contributed by atoms with van der Waals surface area (Å²) in [7, 11) is 0. The van der Waals surface area contributed by atoms with Crippen LogP contribution in [0, 0.1) is 5.92 Å². The lowest BCUT2D eigenvalue weighted by Crippen LogP contribution is -2.38. The Balaban J connectivity index is 1.36. The number of carbonyl (C=O) groups is 1. The molecule has 0 unspecified atom stereocenters. The number of aromatic nitrogens is 2. The third-order valence-corrected chi connectivity index (χ3v) is 8.14. The number of rotatable bonds is 7. The largest absolute Gasteiger partial charge is 0.358 e. The Morgan fingerprint density at radius 1 is 1.21 bits per heavy atom. The summed E-state index contributed by atoms with van der Waals surface area (Å²) >= 11 is 1.75. The minimum absolute atomic E-state index is 0.0518. The molecule has 1 aromatic carbocycles. The van der Waals surface area contributed by atoms with Gasteiger partial charge in [-0.1, -0.05) is 44.2 Å². The van der Waals surface area contributed by atoms with E-state index >= 15 is 0 Å². The minimum atomic E-state index is -0.517.